The van der Waals surface area contributed by atoms with Gasteiger partial charge in [0.15, 0.2) is 5.16 Å². The fourth-order valence-corrected chi connectivity index (χ4v) is 4.13. The minimum absolute atomic E-state index is 0.0549. The third-order valence-corrected chi connectivity index (χ3v) is 5.12. The summed E-state index contributed by atoms with van der Waals surface area (Å²) in [5, 5.41) is 4.45. The molecule has 0 amide bonds. The summed E-state index contributed by atoms with van der Waals surface area (Å²) < 4.78 is 0. The maximum atomic E-state index is 11.5. The average Bonchev–Trinajstić information content (AvgIpc) is 2.47. The van der Waals surface area contributed by atoms with E-state index in [4.69, 9.17) is 0 Å². The summed E-state index contributed by atoms with van der Waals surface area (Å²) in [6.45, 7) is 5.14. The molecule has 0 saturated heterocycles. The van der Waals surface area contributed by atoms with Gasteiger partial charge in [-0.3, -0.25) is 4.79 Å². The molecule has 0 aliphatic heterocycles. The molecule has 21 heavy (non-hydrogen) atoms. The second-order valence-electron chi connectivity index (χ2n) is 5.96. The fraction of sp³-hybridized carbons (Fsp3) is 0.750. The molecular weight excluding hydrogens is 282 g/mol. The maximum absolute atomic E-state index is 11.5. The molecule has 0 aromatic carbocycles. The Morgan fingerprint density at radius 1 is 1.43 bits per heavy atom. The molecule has 1 fully saturated rings. The topological polar surface area (TPSA) is 57.8 Å². The second-order valence-corrected chi connectivity index (χ2v) is 6.97. The number of aromatic amines is 1. The first-order valence-electron chi connectivity index (χ1n) is 8.13. The predicted octanol–water partition coefficient (Wildman–Crippen LogP) is 3.12. The van der Waals surface area contributed by atoms with E-state index in [2.05, 4.69) is 22.2 Å². The van der Waals surface area contributed by atoms with Crippen LogP contribution in [0.3, 0.4) is 0 Å². The molecule has 1 aromatic rings. The largest absolute Gasteiger partial charge is 0.313 e. The number of hydrogen-bond acceptors (Lipinski definition) is 4. The number of thioether (sulfide) groups is 1. The van der Waals surface area contributed by atoms with E-state index in [0.29, 0.717) is 6.04 Å². The van der Waals surface area contributed by atoms with Crippen molar-refractivity contribution >= 4 is 11.8 Å². The highest BCUT2D eigenvalue weighted by molar-refractivity contribution is 7.99. The van der Waals surface area contributed by atoms with Crippen LogP contribution in [0, 0.1) is 12.8 Å². The molecule has 1 atom stereocenters. The van der Waals surface area contributed by atoms with Gasteiger partial charge in [0.1, 0.15) is 0 Å². The Morgan fingerprint density at radius 2 is 2.19 bits per heavy atom. The first kappa shape index (κ1) is 16.6. The van der Waals surface area contributed by atoms with E-state index in [0.717, 1.165) is 35.5 Å². The zero-order chi connectivity index (χ0) is 15.1. The Labute approximate surface area is 131 Å². The Balaban J connectivity index is 1.95. The Hall–Kier alpha value is -0.810. The SMILES string of the molecule is CCCNC(CSc1nc(C)cc(=O)[nH]1)C1CCCCC1. The van der Waals surface area contributed by atoms with Gasteiger partial charge in [0.05, 0.1) is 0 Å². The standard InChI is InChI=1S/C16H27N3OS/c1-3-9-17-14(13-7-5-4-6-8-13)11-21-16-18-12(2)10-15(20)19-16/h10,13-14,17H,3-9,11H2,1-2H3,(H,18,19,20). The van der Waals surface area contributed by atoms with Crippen LogP contribution in [0.1, 0.15) is 51.1 Å². The van der Waals surface area contributed by atoms with Crippen LogP contribution in [0.4, 0.5) is 0 Å². The molecule has 1 heterocycles. The zero-order valence-electron chi connectivity index (χ0n) is 13.2. The molecule has 0 bridgehead atoms. The van der Waals surface area contributed by atoms with E-state index in [1.54, 1.807) is 11.8 Å². The van der Waals surface area contributed by atoms with Gasteiger partial charge in [-0.1, -0.05) is 37.9 Å². The van der Waals surface area contributed by atoms with Crippen LogP contribution in [0.5, 0.6) is 0 Å². The number of nitrogens with zero attached hydrogens (tertiary/aromatic N) is 1. The minimum Gasteiger partial charge on any atom is -0.313 e. The van der Waals surface area contributed by atoms with Crippen molar-refractivity contribution < 1.29 is 0 Å². The van der Waals surface area contributed by atoms with Crippen LogP contribution in [-0.4, -0.2) is 28.3 Å². The number of nitrogens with one attached hydrogen (secondary N) is 2. The van der Waals surface area contributed by atoms with Crippen molar-refractivity contribution in [2.75, 3.05) is 12.3 Å². The smallest absolute Gasteiger partial charge is 0.251 e. The Bertz CT molecular complexity index is 483. The van der Waals surface area contributed by atoms with E-state index in [-0.39, 0.29) is 5.56 Å². The van der Waals surface area contributed by atoms with Crippen LogP contribution in [0.15, 0.2) is 16.0 Å². The summed E-state index contributed by atoms with van der Waals surface area (Å²) in [6, 6.07) is 2.07. The van der Waals surface area contributed by atoms with Crippen molar-refractivity contribution in [1.82, 2.24) is 15.3 Å². The van der Waals surface area contributed by atoms with E-state index in [1.165, 1.54) is 38.2 Å². The van der Waals surface area contributed by atoms with Crippen molar-refractivity contribution in [2.45, 2.75) is 63.6 Å². The molecule has 1 aromatic heterocycles. The lowest BCUT2D eigenvalue weighted by Gasteiger charge is -2.30. The van der Waals surface area contributed by atoms with Gasteiger partial charge in [0.2, 0.25) is 0 Å². The molecule has 5 heteroatoms. The first-order valence-corrected chi connectivity index (χ1v) is 9.11. The Kier molecular flexibility index (Phi) is 6.77. The molecule has 2 N–H and O–H groups in total. The van der Waals surface area contributed by atoms with Gasteiger partial charge in [-0.05, 0) is 38.6 Å². The number of hydrogen-bond donors (Lipinski definition) is 2. The van der Waals surface area contributed by atoms with Crippen LogP contribution < -0.4 is 10.9 Å². The monoisotopic (exact) mass is 309 g/mol. The molecular formula is C16H27N3OS. The number of H-pyrrole nitrogens is 1. The summed E-state index contributed by atoms with van der Waals surface area (Å²) in [4.78, 5) is 18.7. The van der Waals surface area contributed by atoms with Gasteiger partial charge < -0.3 is 10.3 Å². The van der Waals surface area contributed by atoms with Crippen molar-refractivity contribution in [2.24, 2.45) is 5.92 Å². The lowest BCUT2D eigenvalue weighted by atomic mass is 9.84. The van der Waals surface area contributed by atoms with E-state index in [1.807, 2.05) is 6.92 Å². The molecule has 1 aliphatic rings. The quantitative estimate of drug-likeness (QED) is 0.600. The molecule has 1 aliphatic carbocycles. The van der Waals surface area contributed by atoms with Crippen LogP contribution >= 0.6 is 11.8 Å². The van der Waals surface area contributed by atoms with Crippen molar-refractivity contribution in [1.29, 1.82) is 0 Å². The predicted molar refractivity (Wildman–Crippen MR) is 89.0 cm³/mol. The summed E-state index contributed by atoms with van der Waals surface area (Å²) >= 11 is 1.67. The Morgan fingerprint density at radius 3 is 2.86 bits per heavy atom. The molecule has 0 radical (unpaired) electrons. The summed E-state index contributed by atoms with van der Waals surface area (Å²) in [6.07, 6.45) is 7.93. The normalized spacial score (nSPS) is 17.8. The lowest BCUT2D eigenvalue weighted by molar-refractivity contribution is 0.285. The highest BCUT2D eigenvalue weighted by Gasteiger charge is 2.23. The highest BCUT2D eigenvalue weighted by atomic mass is 32.2. The summed E-state index contributed by atoms with van der Waals surface area (Å²) in [7, 11) is 0. The second kappa shape index (κ2) is 8.59. The number of aromatic nitrogens is 2. The van der Waals surface area contributed by atoms with Gasteiger partial charge in [0, 0.05) is 23.6 Å². The molecule has 1 saturated carbocycles. The molecule has 118 valence electrons. The number of aryl methyl sites for hydroxylation is 1. The van der Waals surface area contributed by atoms with E-state index < -0.39 is 0 Å². The van der Waals surface area contributed by atoms with Crippen LogP contribution in [0.2, 0.25) is 0 Å². The molecule has 2 rings (SSSR count). The third kappa shape index (κ3) is 5.47. The molecule has 1 unspecified atom stereocenters. The lowest BCUT2D eigenvalue weighted by Crippen LogP contribution is -2.39. The summed E-state index contributed by atoms with van der Waals surface area (Å²) in [5.74, 6) is 1.76. The maximum Gasteiger partial charge on any atom is 0.251 e. The average molecular weight is 309 g/mol. The highest BCUT2D eigenvalue weighted by Crippen LogP contribution is 2.29. The zero-order valence-corrected chi connectivity index (χ0v) is 14.0. The van der Waals surface area contributed by atoms with Gasteiger partial charge >= 0.3 is 0 Å². The van der Waals surface area contributed by atoms with Gasteiger partial charge in [-0.15, -0.1) is 0 Å². The van der Waals surface area contributed by atoms with E-state index >= 15 is 0 Å². The van der Waals surface area contributed by atoms with Crippen LogP contribution in [-0.2, 0) is 0 Å². The van der Waals surface area contributed by atoms with Gasteiger partial charge in [-0.2, -0.15) is 0 Å². The van der Waals surface area contributed by atoms with E-state index in [9.17, 15) is 4.79 Å². The molecule has 0 spiro atoms. The molecule has 4 nitrogen and oxygen atoms in total. The van der Waals surface area contributed by atoms with Gasteiger partial charge in [0.25, 0.3) is 5.56 Å². The summed E-state index contributed by atoms with van der Waals surface area (Å²) in [5.41, 5.74) is 0.734. The van der Waals surface area contributed by atoms with Crippen molar-refractivity contribution in [3.63, 3.8) is 0 Å². The number of rotatable bonds is 7. The van der Waals surface area contributed by atoms with Crippen molar-refractivity contribution in [3.8, 4) is 0 Å². The van der Waals surface area contributed by atoms with Crippen LogP contribution in [0.25, 0.3) is 0 Å². The first-order chi connectivity index (χ1) is 10.2. The fourth-order valence-electron chi connectivity index (χ4n) is 3.02. The van der Waals surface area contributed by atoms with Crippen molar-refractivity contribution in [3.05, 3.63) is 22.1 Å². The third-order valence-electron chi connectivity index (χ3n) is 4.12. The minimum atomic E-state index is -0.0549. The van der Waals surface area contributed by atoms with Gasteiger partial charge in [-0.25, -0.2) is 4.98 Å².